The molecule has 0 radical (unpaired) electrons. The number of rotatable bonds is 5. The van der Waals surface area contributed by atoms with Gasteiger partial charge in [0.25, 0.3) is 0 Å². The summed E-state index contributed by atoms with van der Waals surface area (Å²) in [5.74, 6) is 2.84. The average molecular weight is 347 g/mol. The van der Waals surface area contributed by atoms with E-state index in [0.717, 1.165) is 37.4 Å². The Bertz CT molecular complexity index is 809. The number of nitrogens with one attached hydrogen (secondary N) is 1. The number of aromatic nitrogens is 3. The highest BCUT2D eigenvalue weighted by atomic mass is 19.3. The van der Waals surface area contributed by atoms with Gasteiger partial charge in [-0.1, -0.05) is 0 Å². The number of alkyl halides is 2. The molecule has 3 N–H and O–H groups in total. The highest BCUT2D eigenvalue weighted by molar-refractivity contribution is 5.64. The highest BCUT2D eigenvalue weighted by Gasteiger charge is 2.55. The van der Waals surface area contributed by atoms with E-state index in [0.29, 0.717) is 29.4 Å². The summed E-state index contributed by atoms with van der Waals surface area (Å²) >= 11 is 0. The summed E-state index contributed by atoms with van der Waals surface area (Å²) in [6, 6.07) is 2.00. The van der Waals surface area contributed by atoms with Crippen molar-refractivity contribution in [3.8, 4) is 17.0 Å². The lowest BCUT2D eigenvalue weighted by Gasteiger charge is -2.09. The van der Waals surface area contributed by atoms with Crippen LogP contribution in [-0.2, 0) is 0 Å². The molecule has 3 atom stereocenters. The molecule has 1 saturated heterocycles. The zero-order chi connectivity index (χ0) is 17.1. The molecule has 2 saturated carbocycles. The van der Waals surface area contributed by atoms with Gasteiger partial charge in [-0.3, -0.25) is 0 Å². The molecule has 3 heterocycles. The predicted octanol–water partition coefficient (Wildman–Crippen LogP) is 2.40. The molecule has 8 heteroatoms. The van der Waals surface area contributed by atoms with Gasteiger partial charge in [-0.15, -0.1) is 0 Å². The topological polar surface area (TPSA) is 78.0 Å². The van der Waals surface area contributed by atoms with Crippen molar-refractivity contribution in [1.29, 1.82) is 0 Å². The monoisotopic (exact) mass is 347 g/mol. The fourth-order valence-corrected chi connectivity index (χ4v) is 4.01. The lowest BCUT2D eigenvalue weighted by atomic mass is 10.2. The number of hydrogen-bond donors (Lipinski definition) is 2. The number of anilines is 1. The van der Waals surface area contributed by atoms with E-state index >= 15 is 0 Å². The second-order valence-corrected chi connectivity index (χ2v) is 7.13. The number of fused-ring (bicyclic) bond motifs is 1. The van der Waals surface area contributed by atoms with Crippen LogP contribution in [0.3, 0.4) is 0 Å². The van der Waals surface area contributed by atoms with Gasteiger partial charge in [-0.25, -0.2) is 9.97 Å². The number of nitrogens with two attached hydrogens (primary N) is 1. The third-order valence-corrected chi connectivity index (χ3v) is 5.46. The molecule has 0 aromatic carbocycles. The van der Waals surface area contributed by atoms with E-state index in [9.17, 15) is 8.78 Å². The Kier molecular flexibility index (Phi) is 3.25. The van der Waals surface area contributed by atoms with E-state index in [1.807, 2.05) is 6.20 Å². The Morgan fingerprint density at radius 2 is 2.04 bits per heavy atom. The second-order valence-electron chi connectivity index (χ2n) is 7.13. The van der Waals surface area contributed by atoms with Crippen molar-refractivity contribution in [2.75, 3.05) is 18.8 Å². The van der Waals surface area contributed by atoms with Gasteiger partial charge in [-0.2, -0.15) is 8.78 Å². The molecule has 1 aliphatic heterocycles. The Morgan fingerprint density at radius 3 is 2.72 bits per heavy atom. The van der Waals surface area contributed by atoms with Gasteiger partial charge in [0.2, 0.25) is 0 Å². The van der Waals surface area contributed by atoms with Crippen LogP contribution >= 0.6 is 0 Å². The first-order chi connectivity index (χ1) is 12.1. The first-order valence-corrected chi connectivity index (χ1v) is 8.62. The zero-order valence-corrected chi connectivity index (χ0v) is 13.5. The zero-order valence-electron chi connectivity index (χ0n) is 13.5. The molecule has 3 fully saturated rings. The minimum atomic E-state index is -2.93. The van der Waals surface area contributed by atoms with Crippen LogP contribution in [-0.4, -0.2) is 34.2 Å². The van der Waals surface area contributed by atoms with E-state index in [1.54, 1.807) is 6.20 Å². The molecule has 132 valence electrons. The van der Waals surface area contributed by atoms with E-state index < -0.39 is 6.61 Å². The van der Waals surface area contributed by atoms with Crippen molar-refractivity contribution in [1.82, 2.24) is 19.9 Å². The number of halogens is 2. The van der Waals surface area contributed by atoms with Crippen LogP contribution in [0.4, 0.5) is 14.6 Å². The summed E-state index contributed by atoms with van der Waals surface area (Å²) in [6.07, 6.45) is 5.93. The van der Waals surface area contributed by atoms with Crippen LogP contribution in [0, 0.1) is 11.8 Å². The standard InChI is InChI=1S/C17H19F2N5O/c18-17(19)25-13-3-9(4-22-15(13)20)12-7-24(16(23-12)8-1-2-8)14-10-5-21-6-11(10)14/h3-4,7-8,10-11,14,17,21H,1-2,5-6H2,(H2,20,22)/t10-,11+,14-. The minimum Gasteiger partial charge on any atom is -0.431 e. The summed E-state index contributed by atoms with van der Waals surface area (Å²) in [6.45, 7) is -0.817. The predicted molar refractivity (Wildman–Crippen MR) is 87.4 cm³/mol. The minimum absolute atomic E-state index is 0.0475. The highest BCUT2D eigenvalue weighted by Crippen LogP contribution is 2.55. The maximum atomic E-state index is 12.5. The maximum Gasteiger partial charge on any atom is 0.387 e. The SMILES string of the molecule is Nc1ncc(-c2cn([C@@H]3[C@@H]4CNC[C@@H]43)c(C3CC3)n2)cc1OC(F)F. The normalized spacial score (nSPS) is 27.6. The van der Waals surface area contributed by atoms with Gasteiger partial charge in [0.05, 0.1) is 5.69 Å². The number of hydrogen-bond acceptors (Lipinski definition) is 5. The van der Waals surface area contributed by atoms with Crippen LogP contribution in [0.25, 0.3) is 11.3 Å². The van der Waals surface area contributed by atoms with E-state index in [-0.39, 0.29) is 11.6 Å². The van der Waals surface area contributed by atoms with Crippen molar-refractivity contribution in [3.05, 3.63) is 24.3 Å². The van der Waals surface area contributed by atoms with Gasteiger partial charge < -0.3 is 20.4 Å². The van der Waals surface area contributed by atoms with Gasteiger partial charge in [-0.05, 0) is 30.7 Å². The lowest BCUT2D eigenvalue weighted by molar-refractivity contribution is -0.0494. The van der Waals surface area contributed by atoms with Crippen molar-refractivity contribution in [3.63, 3.8) is 0 Å². The Balaban J connectivity index is 1.50. The molecule has 2 aromatic heterocycles. The molecular formula is C17H19F2N5O. The van der Waals surface area contributed by atoms with Crippen molar-refractivity contribution < 1.29 is 13.5 Å². The van der Waals surface area contributed by atoms with E-state index in [2.05, 4.69) is 19.6 Å². The average Bonchev–Trinajstić information content (AvgIpc) is 3.45. The molecule has 5 rings (SSSR count). The fraction of sp³-hybridized carbons (Fsp3) is 0.529. The van der Waals surface area contributed by atoms with Crippen LogP contribution in [0.15, 0.2) is 18.5 Å². The smallest absolute Gasteiger partial charge is 0.387 e. The Hall–Kier alpha value is -2.22. The molecule has 2 aliphatic carbocycles. The van der Waals surface area contributed by atoms with Gasteiger partial charge in [0.15, 0.2) is 11.6 Å². The molecular weight excluding hydrogens is 328 g/mol. The molecule has 0 spiro atoms. The first-order valence-electron chi connectivity index (χ1n) is 8.62. The summed E-state index contributed by atoms with van der Waals surface area (Å²) in [5, 5.41) is 3.41. The fourth-order valence-electron chi connectivity index (χ4n) is 4.01. The molecule has 6 nitrogen and oxygen atoms in total. The third kappa shape index (κ3) is 2.55. The number of pyridine rings is 1. The molecule has 0 unspecified atom stereocenters. The molecule has 25 heavy (non-hydrogen) atoms. The van der Waals surface area contributed by atoms with Crippen LogP contribution in [0.2, 0.25) is 0 Å². The summed E-state index contributed by atoms with van der Waals surface area (Å²) < 4.78 is 31.8. The summed E-state index contributed by atoms with van der Waals surface area (Å²) in [7, 11) is 0. The van der Waals surface area contributed by atoms with E-state index in [1.165, 1.54) is 6.07 Å². The van der Waals surface area contributed by atoms with Gasteiger partial charge >= 0.3 is 6.61 Å². The first kappa shape index (κ1) is 15.1. The second kappa shape index (κ2) is 5.39. The maximum absolute atomic E-state index is 12.5. The Morgan fingerprint density at radius 1 is 1.28 bits per heavy atom. The summed E-state index contributed by atoms with van der Waals surface area (Å²) in [5.41, 5.74) is 7.02. The van der Waals surface area contributed by atoms with Crippen LogP contribution in [0.1, 0.15) is 30.6 Å². The van der Waals surface area contributed by atoms with Gasteiger partial charge in [0.1, 0.15) is 5.82 Å². The van der Waals surface area contributed by atoms with Gasteiger partial charge in [0, 0.05) is 43.0 Å². The van der Waals surface area contributed by atoms with Crippen molar-refractivity contribution in [2.45, 2.75) is 31.4 Å². The lowest BCUT2D eigenvalue weighted by Crippen LogP contribution is -2.17. The number of nitrogens with zero attached hydrogens (tertiary/aromatic N) is 3. The summed E-state index contributed by atoms with van der Waals surface area (Å²) in [4.78, 5) is 8.79. The van der Waals surface area contributed by atoms with Crippen molar-refractivity contribution in [2.24, 2.45) is 11.8 Å². The molecule has 2 aromatic rings. The molecule has 0 amide bonds. The molecule has 3 aliphatic rings. The number of piperidine rings is 1. The number of ether oxygens (including phenoxy) is 1. The van der Waals surface area contributed by atoms with Crippen LogP contribution < -0.4 is 15.8 Å². The van der Waals surface area contributed by atoms with Crippen molar-refractivity contribution >= 4 is 5.82 Å². The largest absolute Gasteiger partial charge is 0.431 e. The molecule has 0 bridgehead atoms. The Labute approximate surface area is 143 Å². The van der Waals surface area contributed by atoms with E-state index in [4.69, 9.17) is 10.7 Å². The third-order valence-electron chi connectivity index (χ3n) is 5.46. The number of imidazole rings is 1. The number of nitrogen functional groups attached to an aromatic ring is 1. The quantitative estimate of drug-likeness (QED) is 0.868. The van der Waals surface area contributed by atoms with Crippen LogP contribution in [0.5, 0.6) is 5.75 Å².